The Balaban J connectivity index is 1.76. The fourth-order valence-corrected chi connectivity index (χ4v) is 4.24. The van der Waals surface area contributed by atoms with Gasteiger partial charge in [0.1, 0.15) is 6.54 Å². The fourth-order valence-electron chi connectivity index (χ4n) is 3.39. The average molecular weight is 351 g/mol. The van der Waals surface area contributed by atoms with Gasteiger partial charge in [0.25, 0.3) is 0 Å². The molecule has 0 saturated carbocycles. The number of hydrogen-bond acceptors (Lipinski definition) is 4. The predicted molar refractivity (Wildman–Crippen MR) is 95.9 cm³/mol. The summed E-state index contributed by atoms with van der Waals surface area (Å²) in [5, 5.41) is 0. The van der Waals surface area contributed by atoms with Crippen LogP contribution in [-0.4, -0.2) is 58.2 Å². The van der Waals surface area contributed by atoms with Crippen LogP contribution in [0, 0.1) is 0 Å². The quantitative estimate of drug-likeness (QED) is 0.810. The molecule has 2 aliphatic heterocycles. The lowest BCUT2D eigenvalue weighted by molar-refractivity contribution is -0.128. The molecule has 2 fully saturated rings. The van der Waals surface area contributed by atoms with Gasteiger partial charge in [-0.05, 0) is 49.9 Å². The van der Waals surface area contributed by atoms with Crippen LogP contribution in [0.15, 0.2) is 24.3 Å². The molecule has 1 aromatic rings. The first-order valence-corrected chi connectivity index (χ1v) is 10.4. The van der Waals surface area contributed by atoms with Crippen LogP contribution in [0.1, 0.15) is 25.7 Å². The summed E-state index contributed by atoms with van der Waals surface area (Å²) in [5.74, 6) is -0.124. The average Bonchev–Trinajstić information content (AvgIpc) is 3.24. The van der Waals surface area contributed by atoms with Crippen molar-refractivity contribution in [2.45, 2.75) is 25.7 Å². The van der Waals surface area contributed by atoms with Crippen molar-refractivity contribution in [3.05, 3.63) is 24.3 Å². The molecule has 1 aromatic carbocycles. The molecule has 0 unspecified atom stereocenters. The highest BCUT2D eigenvalue weighted by Gasteiger charge is 2.25. The van der Waals surface area contributed by atoms with Crippen molar-refractivity contribution in [3.63, 3.8) is 0 Å². The third-order valence-corrected chi connectivity index (χ3v) is 5.89. The van der Waals surface area contributed by atoms with Gasteiger partial charge in [0.05, 0.1) is 11.9 Å². The van der Waals surface area contributed by atoms with Crippen molar-refractivity contribution in [2.24, 2.45) is 0 Å². The third-order valence-electron chi connectivity index (χ3n) is 4.75. The number of benzene rings is 1. The maximum Gasteiger partial charge on any atom is 0.243 e. The number of hydrogen-bond donors (Lipinski definition) is 0. The van der Waals surface area contributed by atoms with E-state index in [1.165, 1.54) is 17.1 Å². The minimum Gasteiger partial charge on any atom is -0.372 e. The van der Waals surface area contributed by atoms with E-state index >= 15 is 0 Å². The Morgan fingerprint density at radius 1 is 1.00 bits per heavy atom. The molecule has 0 radical (unpaired) electrons. The number of nitrogens with zero attached hydrogens (tertiary/aromatic N) is 3. The van der Waals surface area contributed by atoms with E-state index in [9.17, 15) is 13.2 Å². The van der Waals surface area contributed by atoms with Crippen LogP contribution in [0.5, 0.6) is 0 Å². The van der Waals surface area contributed by atoms with Crippen LogP contribution in [0.25, 0.3) is 0 Å². The summed E-state index contributed by atoms with van der Waals surface area (Å²) < 4.78 is 25.5. The third kappa shape index (κ3) is 3.83. The summed E-state index contributed by atoms with van der Waals surface area (Å²) in [7, 11) is -3.50. The van der Waals surface area contributed by atoms with E-state index in [1.54, 1.807) is 17.0 Å². The number of likely N-dealkylation sites (tertiary alicyclic amines) is 1. The Morgan fingerprint density at radius 2 is 1.54 bits per heavy atom. The first-order valence-electron chi connectivity index (χ1n) is 8.56. The molecule has 24 heavy (non-hydrogen) atoms. The zero-order valence-corrected chi connectivity index (χ0v) is 15.0. The van der Waals surface area contributed by atoms with E-state index in [1.807, 2.05) is 12.1 Å². The molecule has 0 bridgehead atoms. The second-order valence-electron chi connectivity index (χ2n) is 6.57. The van der Waals surface area contributed by atoms with Crippen molar-refractivity contribution in [3.8, 4) is 0 Å². The second-order valence-corrected chi connectivity index (χ2v) is 8.47. The normalized spacial score (nSPS) is 18.2. The lowest BCUT2D eigenvalue weighted by Gasteiger charge is -2.25. The van der Waals surface area contributed by atoms with E-state index in [0.717, 1.165) is 51.0 Å². The number of rotatable bonds is 5. The monoisotopic (exact) mass is 351 g/mol. The SMILES string of the molecule is CS(=O)(=O)N(CC(=O)N1CCCC1)c1ccc(N2CCCC2)cc1. The van der Waals surface area contributed by atoms with Crippen molar-refractivity contribution in [1.29, 1.82) is 0 Å². The zero-order valence-electron chi connectivity index (χ0n) is 14.1. The molecule has 3 rings (SSSR count). The topological polar surface area (TPSA) is 60.9 Å². The largest absolute Gasteiger partial charge is 0.372 e. The Labute approximate surface area is 144 Å². The molecule has 0 spiro atoms. The maximum atomic E-state index is 12.4. The molecule has 2 heterocycles. The molecule has 6 nitrogen and oxygen atoms in total. The van der Waals surface area contributed by atoms with Crippen molar-refractivity contribution in [1.82, 2.24) is 4.90 Å². The molecule has 0 aliphatic carbocycles. The Kier molecular flexibility index (Phi) is 4.99. The summed E-state index contributed by atoms with van der Waals surface area (Å²) in [6.45, 7) is 3.42. The number of carbonyl (C=O) groups is 1. The number of sulfonamides is 1. The highest BCUT2D eigenvalue weighted by molar-refractivity contribution is 7.92. The van der Waals surface area contributed by atoms with Gasteiger partial charge in [-0.1, -0.05) is 0 Å². The fraction of sp³-hybridized carbons (Fsp3) is 0.588. The van der Waals surface area contributed by atoms with E-state index in [4.69, 9.17) is 0 Å². The first-order chi connectivity index (χ1) is 11.4. The van der Waals surface area contributed by atoms with Crippen LogP contribution in [0.3, 0.4) is 0 Å². The molecule has 2 aliphatic rings. The molecule has 0 N–H and O–H groups in total. The molecule has 1 amide bonds. The molecular weight excluding hydrogens is 326 g/mol. The Hall–Kier alpha value is -1.76. The molecule has 7 heteroatoms. The first kappa shape index (κ1) is 17.1. The molecule has 2 saturated heterocycles. The van der Waals surface area contributed by atoms with Gasteiger partial charge < -0.3 is 9.80 Å². The van der Waals surface area contributed by atoms with Gasteiger partial charge in [0, 0.05) is 31.9 Å². The summed E-state index contributed by atoms with van der Waals surface area (Å²) >= 11 is 0. The molecule has 0 aromatic heterocycles. The number of anilines is 2. The van der Waals surface area contributed by atoms with E-state index in [2.05, 4.69) is 4.90 Å². The zero-order chi connectivity index (χ0) is 17.2. The number of amides is 1. The number of carbonyl (C=O) groups excluding carboxylic acids is 1. The van der Waals surface area contributed by atoms with E-state index in [0.29, 0.717) is 5.69 Å². The molecule has 132 valence electrons. The minimum atomic E-state index is -3.50. The molecular formula is C17H25N3O3S. The highest BCUT2D eigenvalue weighted by atomic mass is 32.2. The smallest absolute Gasteiger partial charge is 0.243 e. The van der Waals surface area contributed by atoms with Crippen molar-refractivity contribution >= 4 is 27.3 Å². The summed E-state index contributed by atoms with van der Waals surface area (Å²) in [5.41, 5.74) is 1.66. The summed E-state index contributed by atoms with van der Waals surface area (Å²) in [6, 6.07) is 7.48. The van der Waals surface area contributed by atoms with Gasteiger partial charge in [-0.2, -0.15) is 0 Å². The van der Waals surface area contributed by atoms with E-state index in [-0.39, 0.29) is 12.5 Å². The van der Waals surface area contributed by atoms with Crippen LogP contribution < -0.4 is 9.21 Å². The van der Waals surface area contributed by atoms with Gasteiger partial charge in [-0.15, -0.1) is 0 Å². The minimum absolute atomic E-state index is 0.123. The summed E-state index contributed by atoms with van der Waals surface area (Å²) in [6.07, 6.45) is 5.53. The van der Waals surface area contributed by atoms with Crippen LogP contribution in [-0.2, 0) is 14.8 Å². The Morgan fingerprint density at radius 3 is 2.08 bits per heavy atom. The predicted octanol–water partition coefficient (Wildman–Crippen LogP) is 1.68. The van der Waals surface area contributed by atoms with Crippen molar-refractivity contribution in [2.75, 3.05) is 48.2 Å². The van der Waals surface area contributed by atoms with Crippen LogP contribution >= 0.6 is 0 Å². The molecule has 0 atom stereocenters. The van der Waals surface area contributed by atoms with Crippen LogP contribution in [0.4, 0.5) is 11.4 Å². The van der Waals surface area contributed by atoms with Gasteiger partial charge in [-0.25, -0.2) is 8.42 Å². The van der Waals surface area contributed by atoms with Gasteiger partial charge in [-0.3, -0.25) is 9.10 Å². The van der Waals surface area contributed by atoms with Crippen LogP contribution in [0.2, 0.25) is 0 Å². The maximum absolute atomic E-state index is 12.4. The highest BCUT2D eigenvalue weighted by Crippen LogP contribution is 2.25. The van der Waals surface area contributed by atoms with Crippen molar-refractivity contribution < 1.29 is 13.2 Å². The standard InChI is InChI=1S/C17H25N3O3S/c1-24(22,23)20(14-17(21)19-12-4-5-13-19)16-8-6-15(7-9-16)18-10-2-3-11-18/h6-9H,2-5,10-14H2,1H3. The van der Waals surface area contributed by atoms with Gasteiger partial charge in [0.15, 0.2) is 0 Å². The van der Waals surface area contributed by atoms with E-state index < -0.39 is 10.0 Å². The lowest BCUT2D eigenvalue weighted by Crippen LogP contribution is -2.41. The van der Waals surface area contributed by atoms with Gasteiger partial charge >= 0.3 is 0 Å². The summed E-state index contributed by atoms with van der Waals surface area (Å²) in [4.78, 5) is 16.4. The Bertz CT molecular complexity index is 676. The lowest BCUT2D eigenvalue weighted by atomic mass is 10.2. The van der Waals surface area contributed by atoms with Gasteiger partial charge in [0.2, 0.25) is 15.9 Å². The second kappa shape index (κ2) is 7.01.